The molecule has 0 saturated heterocycles. The van der Waals surface area contributed by atoms with E-state index in [0.717, 1.165) is 16.8 Å². The average molecular weight is 324 g/mol. The average Bonchev–Trinajstić information content (AvgIpc) is 2.99. The maximum atomic E-state index is 13.0. The fourth-order valence-corrected chi connectivity index (χ4v) is 2.47. The normalized spacial score (nSPS) is 13.0. The lowest BCUT2D eigenvalue weighted by Crippen LogP contribution is -2.26. The number of halogens is 1. The van der Waals surface area contributed by atoms with Gasteiger partial charge in [-0.15, -0.1) is 10.2 Å². The number of hydrogen-bond donors (Lipinski definition) is 1. The first kappa shape index (κ1) is 15.9. The van der Waals surface area contributed by atoms with Gasteiger partial charge in [0.25, 0.3) is 0 Å². The predicted molar refractivity (Wildman–Crippen MR) is 89.6 cm³/mol. The number of nitrogens with one attached hydrogen (secondary N) is 1. The fourth-order valence-electron chi connectivity index (χ4n) is 2.47. The number of hydrogen-bond acceptors (Lipinski definition) is 3. The summed E-state index contributed by atoms with van der Waals surface area (Å²) in [5.74, 6) is 0.118. The second kappa shape index (κ2) is 6.62. The zero-order chi connectivity index (χ0) is 17.1. The number of aromatic nitrogens is 3. The molecule has 1 atom stereocenters. The first-order valence-corrected chi connectivity index (χ1v) is 7.59. The van der Waals surface area contributed by atoms with E-state index in [4.69, 9.17) is 0 Å². The van der Waals surface area contributed by atoms with E-state index < -0.39 is 0 Å². The van der Waals surface area contributed by atoms with Crippen molar-refractivity contribution < 1.29 is 9.18 Å². The van der Waals surface area contributed by atoms with Crippen LogP contribution < -0.4 is 5.32 Å². The van der Waals surface area contributed by atoms with Crippen molar-refractivity contribution in [2.24, 2.45) is 0 Å². The number of fused-ring (bicyclic) bond motifs is 1. The maximum absolute atomic E-state index is 13.0. The Morgan fingerprint density at radius 1 is 1.21 bits per heavy atom. The van der Waals surface area contributed by atoms with Crippen LogP contribution in [0.3, 0.4) is 0 Å². The largest absolute Gasteiger partial charge is 0.343 e. The van der Waals surface area contributed by atoms with Gasteiger partial charge in [-0.05, 0) is 49.2 Å². The SMILES string of the molecule is C/C(=C/C(=O)N[C@@H](C)c1nnc2ccccn12)c1ccc(F)cc1. The van der Waals surface area contributed by atoms with Gasteiger partial charge in [-0.1, -0.05) is 18.2 Å². The third kappa shape index (κ3) is 3.32. The van der Waals surface area contributed by atoms with Crippen LogP contribution in [0.25, 0.3) is 11.2 Å². The fraction of sp³-hybridized carbons (Fsp3) is 0.167. The number of amides is 1. The van der Waals surface area contributed by atoms with E-state index in [-0.39, 0.29) is 17.8 Å². The number of carbonyl (C=O) groups is 1. The number of carbonyl (C=O) groups excluding carboxylic acids is 1. The summed E-state index contributed by atoms with van der Waals surface area (Å²) in [5, 5.41) is 11.1. The van der Waals surface area contributed by atoms with Gasteiger partial charge in [0, 0.05) is 12.3 Å². The minimum Gasteiger partial charge on any atom is -0.343 e. The molecule has 24 heavy (non-hydrogen) atoms. The lowest BCUT2D eigenvalue weighted by atomic mass is 10.1. The second-order valence-corrected chi connectivity index (χ2v) is 5.55. The summed E-state index contributed by atoms with van der Waals surface area (Å²) in [5.41, 5.74) is 2.28. The van der Waals surface area contributed by atoms with Gasteiger partial charge in [-0.3, -0.25) is 9.20 Å². The van der Waals surface area contributed by atoms with Crippen LogP contribution in [-0.4, -0.2) is 20.5 Å². The summed E-state index contributed by atoms with van der Waals surface area (Å²) in [7, 11) is 0. The number of benzene rings is 1. The molecular weight excluding hydrogens is 307 g/mol. The zero-order valence-corrected chi connectivity index (χ0v) is 13.4. The highest BCUT2D eigenvalue weighted by molar-refractivity contribution is 5.95. The van der Waals surface area contributed by atoms with Crippen molar-refractivity contribution in [1.82, 2.24) is 19.9 Å². The van der Waals surface area contributed by atoms with Crippen molar-refractivity contribution in [3.63, 3.8) is 0 Å². The third-order valence-electron chi connectivity index (χ3n) is 3.73. The Kier molecular flexibility index (Phi) is 4.37. The minimum atomic E-state index is -0.302. The lowest BCUT2D eigenvalue weighted by molar-refractivity contribution is -0.117. The lowest BCUT2D eigenvalue weighted by Gasteiger charge is -2.11. The maximum Gasteiger partial charge on any atom is 0.244 e. The summed E-state index contributed by atoms with van der Waals surface area (Å²) in [6.45, 7) is 3.66. The summed E-state index contributed by atoms with van der Waals surface area (Å²) >= 11 is 0. The van der Waals surface area contributed by atoms with E-state index in [9.17, 15) is 9.18 Å². The molecule has 2 aromatic heterocycles. The molecule has 0 saturated carbocycles. The summed E-state index contributed by atoms with van der Waals surface area (Å²) < 4.78 is 14.8. The highest BCUT2D eigenvalue weighted by Crippen LogP contribution is 2.15. The van der Waals surface area contributed by atoms with Crippen molar-refractivity contribution in [2.45, 2.75) is 19.9 Å². The smallest absolute Gasteiger partial charge is 0.244 e. The molecule has 3 aromatic rings. The van der Waals surface area contributed by atoms with Crippen molar-refractivity contribution in [1.29, 1.82) is 0 Å². The van der Waals surface area contributed by atoms with Crippen LogP contribution in [0.5, 0.6) is 0 Å². The quantitative estimate of drug-likeness (QED) is 0.750. The van der Waals surface area contributed by atoms with E-state index >= 15 is 0 Å². The van der Waals surface area contributed by atoms with Crippen molar-refractivity contribution in [3.05, 3.63) is 71.9 Å². The molecule has 6 heteroatoms. The number of nitrogens with zero attached hydrogens (tertiary/aromatic N) is 3. The molecule has 122 valence electrons. The number of rotatable bonds is 4. The number of allylic oxidation sites excluding steroid dienone is 1. The molecule has 5 nitrogen and oxygen atoms in total. The Morgan fingerprint density at radius 2 is 1.96 bits per heavy atom. The first-order valence-electron chi connectivity index (χ1n) is 7.59. The standard InChI is InChI=1S/C18H17FN4O/c1-12(14-6-8-15(19)9-7-14)11-17(24)20-13(2)18-22-21-16-5-3-4-10-23(16)18/h3-11,13H,1-2H3,(H,20,24)/b12-11-/t13-/m0/s1. The molecule has 0 aliphatic heterocycles. The molecule has 0 aliphatic carbocycles. The van der Waals surface area contributed by atoms with E-state index in [2.05, 4.69) is 15.5 Å². The van der Waals surface area contributed by atoms with Crippen LogP contribution in [0, 0.1) is 5.82 Å². The van der Waals surface area contributed by atoms with Gasteiger partial charge in [-0.25, -0.2) is 4.39 Å². The Balaban J connectivity index is 1.74. The molecule has 0 unspecified atom stereocenters. The number of pyridine rings is 1. The van der Waals surface area contributed by atoms with Crippen molar-refractivity contribution in [3.8, 4) is 0 Å². The van der Waals surface area contributed by atoms with Crippen LogP contribution in [0.15, 0.2) is 54.7 Å². The summed E-state index contributed by atoms with van der Waals surface area (Å²) in [6, 6.07) is 11.3. The van der Waals surface area contributed by atoms with Gasteiger partial charge in [0.05, 0.1) is 6.04 Å². The molecule has 0 bridgehead atoms. The predicted octanol–water partition coefficient (Wildman–Crippen LogP) is 3.15. The highest BCUT2D eigenvalue weighted by Gasteiger charge is 2.14. The van der Waals surface area contributed by atoms with Gasteiger partial charge < -0.3 is 5.32 Å². The van der Waals surface area contributed by atoms with Gasteiger partial charge in [-0.2, -0.15) is 0 Å². The van der Waals surface area contributed by atoms with Crippen molar-refractivity contribution in [2.75, 3.05) is 0 Å². The molecule has 0 spiro atoms. The summed E-state index contributed by atoms with van der Waals surface area (Å²) in [4.78, 5) is 12.2. The summed E-state index contributed by atoms with van der Waals surface area (Å²) in [6.07, 6.45) is 3.35. The zero-order valence-electron chi connectivity index (χ0n) is 13.4. The molecule has 0 radical (unpaired) electrons. The Labute approximate surface area is 138 Å². The Hall–Kier alpha value is -3.02. The van der Waals surface area contributed by atoms with Crippen LogP contribution in [-0.2, 0) is 4.79 Å². The van der Waals surface area contributed by atoms with Crippen molar-refractivity contribution >= 4 is 17.1 Å². The topological polar surface area (TPSA) is 59.3 Å². The minimum absolute atomic E-state index is 0.239. The van der Waals surface area contributed by atoms with Crippen LogP contribution in [0.1, 0.15) is 31.3 Å². The van der Waals surface area contributed by atoms with E-state index in [1.807, 2.05) is 42.6 Å². The molecule has 0 fully saturated rings. The van der Waals surface area contributed by atoms with Gasteiger partial charge in [0.15, 0.2) is 11.5 Å². The Morgan fingerprint density at radius 3 is 2.71 bits per heavy atom. The molecule has 1 amide bonds. The third-order valence-corrected chi connectivity index (χ3v) is 3.73. The van der Waals surface area contributed by atoms with E-state index in [0.29, 0.717) is 5.82 Å². The molecule has 1 N–H and O–H groups in total. The highest BCUT2D eigenvalue weighted by atomic mass is 19.1. The molecule has 0 aliphatic rings. The Bertz CT molecular complexity index is 899. The van der Waals surface area contributed by atoms with Crippen LogP contribution in [0.4, 0.5) is 4.39 Å². The molecular formula is C18H17FN4O. The molecule has 2 heterocycles. The van der Waals surface area contributed by atoms with Gasteiger partial charge in [0.2, 0.25) is 5.91 Å². The van der Waals surface area contributed by atoms with E-state index in [1.54, 1.807) is 12.1 Å². The van der Waals surface area contributed by atoms with E-state index in [1.165, 1.54) is 18.2 Å². The van der Waals surface area contributed by atoms with Crippen LogP contribution in [0.2, 0.25) is 0 Å². The van der Waals surface area contributed by atoms with Gasteiger partial charge >= 0.3 is 0 Å². The van der Waals surface area contributed by atoms with Gasteiger partial charge in [0.1, 0.15) is 5.82 Å². The second-order valence-electron chi connectivity index (χ2n) is 5.55. The first-order chi connectivity index (χ1) is 11.5. The monoisotopic (exact) mass is 324 g/mol. The molecule has 3 rings (SSSR count). The van der Waals surface area contributed by atoms with Crippen LogP contribution >= 0.6 is 0 Å². The molecule has 1 aromatic carbocycles.